The van der Waals surface area contributed by atoms with Crippen molar-refractivity contribution in [3.05, 3.63) is 28.4 Å². The molecule has 120 valence electrons. The second-order valence-electron chi connectivity index (χ2n) is 4.76. The molecule has 2 rings (SSSR count). The van der Waals surface area contributed by atoms with Crippen LogP contribution in [0.3, 0.4) is 0 Å². The van der Waals surface area contributed by atoms with Gasteiger partial charge in [-0.25, -0.2) is 4.98 Å². The number of amides is 1. The third-order valence-electron chi connectivity index (χ3n) is 3.29. The summed E-state index contributed by atoms with van der Waals surface area (Å²) >= 11 is 16.9. The van der Waals surface area contributed by atoms with Gasteiger partial charge in [0.25, 0.3) is 15.4 Å². The zero-order valence-corrected chi connectivity index (χ0v) is 13.7. The zero-order valence-electron chi connectivity index (χ0n) is 11.4. The Balaban J connectivity index is 2.04. The summed E-state index contributed by atoms with van der Waals surface area (Å²) in [6.07, 6.45) is 1.90. The average Bonchev–Trinajstić information content (AvgIpc) is 2.71. The molecule has 1 saturated heterocycles. The van der Waals surface area contributed by atoms with Crippen molar-refractivity contribution in [1.82, 2.24) is 9.88 Å². The first-order valence-electron chi connectivity index (χ1n) is 6.50. The summed E-state index contributed by atoms with van der Waals surface area (Å²) in [6, 6.07) is 2.99. The van der Waals surface area contributed by atoms with E-state index in [1.54, 1.807) is 6.07 Å². The highest BCUT2D eigenvalue weighted by molar-refractivity contribution is 6.76. The van der Waals surface area contributed by atoms with Gasteiger partial charge in [-0.15, -0.1) is 0 Å². The molecule has 1 amide bonds. The lowest BCUT2D eigenvalue weighted by Crippen LogP contribution is -2.41. The SMILES string of the molecule is O=C(N1CCCN(c2ccc([N+](=O)[O-])cn2)CC1)C(Cl)(Cl)Cl. The molecule has 0 aromatic carbocycles. The van der Waals surface area contributed by atoms with E-state index < -0.39 is 14.6 Å². The number of carbonyl (C=O) groups is 1. The molecule has 10 heteroatoms. The van der Waals surface area contributed by atoms with Crippen LogP contribution < -0.4 is 4.90 Å². The van der Waals surface area contributed by atoms with Gasteiger partial charge < -0.3 is 9.80 Å². The fourth-order valence-electron chi connectivity index (χ4n) is 2.20. The number of hydrogen-bond donors (Lipinski definition) is 0. The standard InChI is InChI=1S/C12H13Cl3N4O3/c13-12(14,15)11(20)18-5-1-4-17(6-7-18)10-3-2-9(8-16-10)19(21)22/h2-3,8H,1,4-7H2. The van der Waals surface area contributed by atoms with E-state index in [4.69, 9.17) is 34.8 Å². The maximum Gasteiger partial charge on any atom is 0.287 e. The summed E-state index contributed by atoms with van der Waals surface area (Å²) in [7, 11) is 0. The van der Waals surface area contributed by atoms with Gasteiger partial charge in [0.1, 0.15) is 12.0 Å². The number of aromatic nitrogens is 1. The minimum absolute atomic E-state index is 0.0634. The zero-order chi connectivity index (χ0) is 16.3. The molecule has 0 aliphatic carbocycles. The smallest absolute Gasteiger partial charge is 0.287 e. The molecular weight excluding hydrogens is 355 g/mol. The van der Waals surface area contributed by atoms with Gasteiger partial charge in [0, 0.05) is 32.2 Å². The molecule has 0 spiro atoms. The number of alkyl halides is 3. The molecule has 0 bridgehead atoms. The minimum Gasteiger partial charge on any atom is -0.355 e. The van der Waals surface area contributed by atoms with E-state index in [9.17, 15) is 14.9 Å². The van der Waals surface area contributed by atoms with Gasteiger partial charge in [-0.05, 0) is 12.5 Å². The maximum atomic E-state index is 12.0. The Morgan fingerprint density at radius 3 is 2.50 bits per heavy atom. The Morgan fingerprint density at radius 1 is 1.23 bits per heavy atom. The van der Waals surface area contributed by atoms with Gasteiger partial charge in [0.05, 0.1) is 4.92 Å². The van der Waals surface area contributed by atoms with Crippen LogP contribution in [0.4, 0.5) is 11.5 Å². The highest BCUT2D eigenvalue weighted by atomic mass is 35.6. The molecule has 1 aromatic heterocycles. The van der Waals surface area contributed by atoms with Gasteiger partial charge in [-0.1, -0.05) is 34.8 Å². The van der Waals surface area contributed by atoms with Crippen molar-refractivity contribution in [3.63, 3.8) is 0 Å². The average molecular weight is 368 g/mol. The Bertz CT molecular complexity index is 562. The van der Waals surface area contributed by atoms with Gasteiger partial charge in [-0.2, -0.15) is 0 Å². The van der Waals surface area contributed by atoms with Gasteiger partial charge >= 0.3 is 0 Å². The number of hydrogen-bond acceptors (Lipinski definition) is 5. The second-order valence-corrected chi connectivity index (χ2v) is 7.04. The lowest BCUT2D eigenvalue weighted by molar-refractivity contribution is -0.385. The van der Waals surface area contributed by atoms with Crippen LogP contribution >= 0.6 is 34.8 Å². The topological polar surface area (TPSA) is 79.6 Å². The number of halogens is 3. The van der Waals surface area contributed by atoms with E-state index in [2.05, 4.69) is 4.98 Å². The van der Waals surface area contributed by atoms with Crippen LogP contribution in [0.25, 0.3) is 0 Å². The fraction of sp³-hybridized carbons (Fsp3) is 0.500. The third-order valence-corrected chi connectivity index (χ3v) is 3.78. The molecule has 7 nitrogen and oxygen atoms in total. The Labute approximate surface area is 141 Å². The molecular formula is C12H13Cl3N4O3. The Kier molecular flexibility index (Phi) is 5.31. The minimum atomic E-state index is -1.96. The lowest BCUT2D eigenvalue weighted by Gasteiger charge is -2.25. The van der Waals surface area contributed by atoms with E-state index in [0.717, 1.165) is 0 Å². The lowest BCUT2D eigenvalue weighted by atomic mass is 10.3. The quantitative estimate of drug-likeness (QED) is 0.455. The van der Waals surface area contributed by atoms with E-state index >= 15 is 0 Å². The van der Waals surface area contributed by atoms with Gasteiger partial charge in [0.2, 0.25) is 0 Å². The largest absolute Gasteiger partial charge is 0.355 e. The number of pyridine rings is 1. The van der Waals surface area contributed by atoms with Crippen molar-refractivity contribution in [3.8, 4) is 0 Å². The summed E-state index contributed by atoms with van der Waals surface area (Å²) in [5.74, 6) is 0.0739. The molecule has 2 heterocycles. The molecule has 0 unspecified atom stereocenters. The van der Waals surface area contributed by atoms with E-state index in [-0.39, 0.29) is 5.69 Å². The molecule has 1 aliphatic rings. The molecule has 1 fully saturated rings. The van der Waals surface area contributed by atoms with Crippen LogP contribution in [-0.2, 0) is 4.79 Å². The van der Waals surface area contributed by atoms with Crippen molar-refractivity contribution in [1.29, 1.82) is 0 Å². The van der Waals surface area contributed by atoms with Crippen molar-refractivity contribution >= 4 is 52.2 Å². The van der Waals surface area contributed by atoms with Crippen molar-refractivity contribution in [2.24, 2.45) is 0 Å². The van der Waals surface area contributed by atoms with Crippen LogP contribution in [-0.4, -0.2) is 50.7 Å². The monoisotopic (exact) mass is 366 g/mol. The Morgan fingerprint density at radius 2 is 1.95 bits per heavy atom. The predicted molar refractivity (Wildman–Crippen MR) is 84.6 cm³/mol. The molecule has 1 aliphatic heterocycles. The van der Waals surface area contributed by atoms with Crippen LogP contribution in [0.5, 0.6) is 0 Å². The van der Waals surface area contributed by atoms with E-state index in [1.807, 2.05) is 4.90 Å². The molecule has 0 saturated carbocycles. The number of nitro groups is 1. The van der Waals surface area contributed by atoms with Gasteiger partial charge in [-0.3, -0.25) is 14.9 Å². The molecule has 1 aromatic rings. The summed E-state index contributed by atoms with van der Waals surface area (Å²) in [5.41, 5.74) is -0.0634. The van der Waals surface area contributed by atoms with Crippen LogP contribution in [0.15, 0.2) is 18.3 Å². The summed E-state index contributed by atoms with van der Waals surface area (Å²) < 4.78 is -1.96. The molecule has 22 heavy (non-hydrogen) atoms. The molecule has 0 N–H and O–H groups in total. The van der Waals surface area contributed by atoms with Crippen LogP contribution in [0.2, 0.25) is 0 Å². The highest BCUT2D eigenvalue weighted by Gasteiger charge is 2.35. The number of rotatable bonds is 2. The van der Waals surface area contributed by atoms with E-state index in [1.165, 1.54) is 17.2 Å². The summed E-state index contributed by atoms with van der Waals surface area (Å²) in [5, 5.41) is 10.6. The van der Waals surface area contributed by atoms with Crippen LogP contribution in [0, 0.1) is 10.1 Å². The molecule has 0 radical (unpaired) electrons. The first-order chi connectivity index (χ1) is 10.3. The highest BCUT2D eigenvalue weighted by Crippen LogP contribution is 2.29. The summed E-state index contributed by atoms with van der Waals surface area (Å²) in [4.78, 5) is 29.6. The number of carbonyl (C=O) groups excluding carboxylic acids is 1. The number of anilines is 1. The summed E-state index contributed by atoms with van der Waals surface area (Å²) in [6.45, 7) is 2.05. The van der Waals surface area contributed by atoms with Crippen molar-refractivity contribution < 1.29 is 9.72 Å². The molecule has 0 atom stereocenters. The first-order valence-corrected chi connectivity index (χ1v) is 7.64. The third kappa shape index (κ3) is 4.12. The Hall–Kier alpha value is -1.31. The maximum absolute atomic E-state index is 12.0. The van der Waals surface area contributed by atoms with Crippen molar-refractivity contribution in [2.75, 3.05) is 31.1 Å². The fourth-order valence-corrected chi connectivity index (χ4v) is 2.56. The predicted octanol–water partition coefficient (Wildman–Crippen LogP) is 2.40. The van der Waals surface area contributed by atoms with Crippen molar-refractivity contribution in [2.45, 2.75) is 10.2 Å². The first kappa shape index (κ1) is 17.1. The normalized spacial score (nSPS) is 16.3. The number of nitrogens with zero attached hydrogens (tertiary/aromatic N) is 4. The van der Waals surface area contributed by atoms with Gasteiger partial charge in [0.15, 0.2) is 0 Å². The second kappa shape index (κ2) is 6.85. The van der Waals surface area contributed by atoms with Crippen LogP contribution in [0.1, 0.15) is 6.42 Å². The van der Waals surface area contributed by atoms with E-state index in [0.29, 0.717) is 38.4 Å².